The second kappa shape index (κ2) is 10.5. The van der Waals surface area contributed by atoms with E-state index in [0.29, 0.717) is 24.8 Å². The molecule has 1 saturated heterocycles. The highest BCUT2D eigenvalue weighted by Crippen LogP contribution is 2.31. The molecule has 3 aliphatic rings. The van der Waals surface area contributed by atoms with E-state index in [2.05, 4.69) is 11.1 Å². The first kappa shape index (κ1) is 22.8. The maximum atomic E-state index is 12.5. The highest BCUT2D eigenvalue weighted by atomic mass is 16.6. The lowest BCUT2D eigenvalue weighted by molar-refractivity contribution is 0.116. The molecule has 1 amide bonds. The number of nitrogens with zero attached hydrogens (tertiary/aromatic N) is 2. The molecular formula is C27H28N2O6. The zero-order valence-corrected chi connectivity index (χ0v) is 19.6. The number of carbonyl (C=O) groups is 1. The summed E-state index contributed by atoms with van der Waals surface area (Å²) in [6.07, 6.45) is 14.5. The molecule has 0 unspecified atom stereocenters. The highest BCUT2D eigenvalue weighted by molar-refractivity contribution is 5.86. The van der Waals surface area contributed by atoms with Crippen molar-refractivity contribution in [3.8, 4) is 11.5 Å². The van der Waals surface area contributed by atoms with Crippen molar-refractivity contribution in [1.82, 2.24) is 9.88 Å². The summed E-state index contributed by atoms with van der Waals surface area (Å²) in [5.41, 5.74) is 1.90. The number of allylic oxidation sites excluding steroid dienone is 4. The van der Waals surface area contributed by atoms with Gasteiger partial charge < -0.3 is 23.7 Å². The molecule has 8 nitrogen and oxygen atoms in total. The minimum atomic E-state index is -0.419. The van der Waals surface area contributed by atoms with Crippen molar-refractivity contribution in [1.29, 1.82) is 0 Å². The summed E-state index contributed by atoms with van der Waals surface area (Å²) in [5, 5.41) is 0.920. The van der Waals surface area contributed by atoms with E-state index in [1.807, 2.05) is 36.4 Å². The number of carbonyl (C=O) groups excluding carboxylic acids is 1. The average Bonchev–Trinajstić information content (AvgIpc) is 3.29. The standard InChI is InChI=1S/C27H28N2O6/c1-31-20-10-11-23-22(15-20)24(12-13-28-23)33-14-6-5-9-21-16-29(27(30)34-21)26-18-32-17-25(35-26)19-7-3-2-4-8-19/h2-3,7,10-13,15,17-18,21H,4-6,8-9,14,16H2,1H3/t21-/m0/s1. The predicted octanol–water partition coefficient (Wildman–Crippen LogP) is 5.58. The minimum absolute atomic E-state index is 0.204. The van der Waals surface area contributed by atoms with Gasteiger partial charge in [-0.25, -0.2) is 9.69 Å². The number of benzene rings is 1. The zero-order chi connectivity index (χ0) is 24.0. The third-order valence-corrected chi connectivity index (χ3v) is 6.12. The lowest BCUT2D eigenvalue weighted by Crippen LogP contribution is -2.27. The van der Waals surface area contributed by atoms with E-state index in [0.717, 1.165) is 60.1 Å². The van der Waals surface area contributed by atoms with Crippen LogP contribution in [0.25, 0.3) is 10.9 Å². The Kier molecular flexibility index (Phi) is 6.88. The molecular weight excluding hydrogens is 448 g/mol. The van der Waals surface area contributed by atoms with Gasteiger partial charge in [0.05, 0.1) is 25.8 Å². The van der Waals surface area contributed by atoms with Crippen LogP contribution in [0.4, 0.5) is 4.79 Å². The zero-order valence-electron chi connectivity index (χ0n) is 19.6. The molecule has 8 heteroatoms. The van der Waals surface area contributed by atoms with Crippen LogP contribution in [-0.4, -0.2) is 42.3 Å². The van der Waals surface area contributed by atoms with Crippen molar-refractivity contribution >= 4 is 17.0 Å². The van der Waals surface area contributed by atoms with Crippen LogP contribution < -0.4 is 9.47 Å². The number of cyclic esters (lactones) is 1. The monoisotopic (exact) mass is 476 g/mol. The molecule has 1 aromatic carbocycles. The number of methoxy groups -OCH3 is 1. The summed E-state index contributed by atoms with van der Waals surface area (Å²) in [6, 6.07) is 7.59. The number of amides is 1. The van der Waals surface area contributed by atoms with Crippen molar-refractivity contribution in [3.63, 3.8) is 0 Å². The third kappa shape index (κ3) is 5.26. The summed E-state index contributed by atoms with van der Waals surface area (Å²) in [6.45, 7) is 0.983. The molecule has 182 valence electrons. The van der Waals surface area contributed by atoms with E-state index in [1.165, 1.54) is 11.2 Å². The van der Waals surface area contributed by atoms with Crippen LogP contribution in [-0.2, 0) is 14.2 Å². The Balaban J connectivity index is 1.09. The number of ether oxygens (including phenoxy) is 5. The first-order valence-electron chi connectivity index (χ1n) is 11.8. The Labute approximate surface area is 204 Å². The van der Waals surface area contributed by atoms with Gasteiger partial charge in [0, 0.05) is 11.6 Å². The lowest BCUT2D eigenvalue weighted by Gasteiger charge is -2.23. The lowest BCUT2D eigenvalue weighted by atomic mass is 10.0. The maximum Gasteiger partial charge on any atom is 0.417 e. The van der Waals surface area contributed by atoms with Gasteiger partial charge in [0.1, 0.15) is 23.9 Å². The normalized spacial score (nSPS) is 19.3. The molecule has 1 aliphatic carbocycles. The predicted molar refractivity (Wildman–Crippen MR) is 129 cm³/mol. The fraction of sp³-hybridized carbons (Fsp3) is 0.333. The largest absolute Gasteiger partial charge is 0.497 e. The van der Waals surface area contributed by atoms with Gasteiger partial charge in [-0.15, -0.1) is 0 Å². The molecule has 2 aliphatic heterocycles. The van der Waals surface area contributed by atoms with E-state index in [-0.39, 0.29) is 6.10 Å². The highest BCUT2D eigenvalue weighted by Gasteiger charge is 2.36. The van der Waals surface area contributed by atoms with Crippen LogP contribution in [0.1, 0.15) is 32.1 Å². The molecule has 0 spiro atoms. The Hall–Kier alpha value is -3.94. The molecule has 35 heavy (non-hydrogen) atoms. The van der Waals surface area contributed by atoms with E-state index in [9.17, 15) is 4.79 Å². The molecule has 0 bridgehead atoms. The molecule has 5 rings (SSSR count). The number of unbranched alkanes of at least 4 members (excludes halogenated alkanes) is 1. The van der Waals surface area contributed by atoms with Crippen molar-refractivity contribution in [2.45, 2.75) is 38.2 Å². The number of fused-ring (bicyclic) bond motifs is 1. The van der Waals surface area contributed by atoms with Crippen LogP contribution in [0.2, 0.25) is 0 Å². The molecule has 1 fully saturated rings. The summed E-state index contributed by atoms with van der Waals surface area (Å²) in [7, 11) is 1.64. The SMILES string of the molecule is COc1ccc2nccc(OCCCC[C@H]3CN(C4=COC=C(C5=CC=CCC5)O4)C(=O)O3)c2c1. The molecule has 0 radical (unpaired) electrons. The van der Waals surface area contributed by atoms with Gasteiger partial charge in [-0.05, 0) is 61.9 Å². The molecule has 0 N–H and O–H groups in total. The van der Waals surface area contributed by atoms with E-state index >= 15 is 0 Å². The van der Waals surface area contributed by atoms with Gasteiger partial charge >= 0.3 is 6.09 Å². The van der Waals surface area contributed by atoms with Crippen LogP contribution in [0, 0.1) is 0 Å². The molecule has 1 atom stereocenters. The van der Waals surface area contributed by atoms with Gasteiger partial charge in [-0.1, -0.05) is 18.2 Å². The minimum Gasteiger partial charge on any atom is -0.497 e. The maximum absolute atomic E-state index is 12.5. The molecule has 0 saturated carbocycles. The van der Waals surface area contributed by atoms with Crippen molar-refractivity contribution in [2.24, 2.45) is 0 Å². The number of aromatic nitrogens is 1. The fourth-order valence-electron chi connectivity index (χ4n) is 4.24. The number of hydrogen-bond acceptors (Lipinski definition) is 7. The third-order valence-electron chi connectivity index (χ3n) is 6.12. The van der Waals surface area contributed by atoms with Gasteiger partial charge in [-0.3, -0.25) is 4.98 Å². The number of pyridine rings is 1. The molecule has 1 aromatic heterocycles. The number of hydrogen-bond donors (Lipinski definition) is 0. The van der Waals surface area contributed by atoms with Gasteiger partial charge in [0.25, 0.3) is 0 Å². The Morgan fingerprint density at radius 2 is 2.14 bits per heavy atom. The fourth-order valence-corrected chi connectivity index (χ4v) is 4.24. The Morgan fingerprint density at radius 1 is 1.20 bits per heavy atom. The van der Waals surface area contributed by atoms with Crippen molar-refractivity contribution < 1.29 is 28.5 Å². The van der Waals surface area contributed by atoms with Crippen LogP contribution in [0.3, 0.4) is 0 Å². The van der Waals surface area contributed by atoms with Crippen LogP contribution in [0.15, 0.2) is 78.4 Å². The second-order valence-corrected chi connectivity index (χ2v) is 8.49. The quantitative estimate of drug-likeness (QED) is 0.437. The van der Waals surface area contributed by atoms with Gasteiger partial charge in [0.2, 0.25) is 5.88 Å². The van der Waals surface area contributed by atoms with Crippen molar-refractivity contribution in [2.75, 3.05) is 20.3 Å². The summed E-state index contributed by atoms with van der Waals surface area (Å²) < 4.78 is 28.3. The smallest absolute Gasteiger partial charge is 0.417 e. The summed E-state index contributed by atoms with van der Waals surface area (Å²) >= 11 is 0. The van der Waals surface area contributed by atoms with Gasteiger partial charge in [-0.2, -0.15) is 0 Å². The summed E-state index contributed by atoms with van der Waals surface area (Å²) in [5.74, 6) is 2.52. The van der Waals surface area contributed by atoms with E-state index < -0.39 is 6.09 Å². The van der Waals surface area contributed by atoms with E-state index in [1.54, 1.807) is 19.6 Å². The first-order chi connectivity index (χ1) is 17.2. The molecule has 2 aromatic rings. The topological polar surface area (TPSA) is 79.4 Å². The number of rotatable bonds is 9. The van der Waals surface area contributed by atoms with Crippen LogP contribution in [0.5, 0.6) is 11.5 Å². The Bertz CT molecular complexity index is 1220. The van der Waals surface area contributed by atoms with Gasteiger partial charge in [0.15, 0.2) is 12.0 Å². The van der Waals surface area contributed by atoms with Crippen LogP contribution >= 0.6 is 0 Å². The molecule has 3 heterocycles. The average molecular weight is 477 g/mol. The Morgan fingerprint density at radius 3 is 3.00 bits per heavy atom. The summed E-state index contributed by atoms with van der Waals surface area (Å²) in [4.78, 5) is 18.3. The van der Waals surface area contributed by atoms with Crippen molar-refractivity contribution in [3.05, 3.63) is 78.4 Å². The van der Waals surface area contributed by atoms with E-state index in [4.69, 9.17) is 23.7 Å². The first-order valence-corrected chi connectivity index (χ1v) is 11.8. The second-order valence-electron chi connectivity index (χ2n) is 8.49.